The van der Waals surface area contributed by atoms with Crippen molar-refractivity contribution in [2.24, 2.45) is 11.3 Å². The Kier molecular flexibility index (Phi) is 4.48. The smallest absolute Gasteiger partial charge is 0.131 e. The molecular formula is C17H24F2O. The first-order chi connectivity index (χ1) is 9.35. The molecule has 112 valence electrons. The van der Waals surface area contributed by atoms with E-state index in [0.29, 0.717) is 11.5 Å². The first-order valence-corrected chi connectivity index (χ1v) is 7.49. The van der Waals surface area contributed by atoms with E-state index in [4.69, 9.17) is 0 Å². The fourth-order valence-electron chi connectivity index (χ4n) is 3.70. The Morgan fingerprint density at radius 3 is 2.30 bits per heavy atom. The molecule has 1 atom stereocenters. The molecule has 0 radical (unpaired) electrons. The van der Waals surface area contributed by atoms with Gasteiger partial charge in [0.25, 0.3) is 0 Å². The summed E-state index contributed by atoms with van der Waals surface area (Å²) in [6.07, 6.45) is 4.03. The van der Waals surface area contributed by atoms with Gasteiger partial charge in [-0.3, -0.25) is 0 Å². The highest BCUT2D eigenvalue weighted by Gasteiger charge is 2.42. The first-order valence-electron chi connectivity index (χ1n) is 7.49. The number of rotatable bonds is 4. The van der Waals surface area contributed by atoms with Crippen molar-refractivity contribution in [2.75, 3.05) is 0 Å². The minimum atomic E-state index is -0.841. The molecule has 0 aliphatic heterocycles. The second-order valence-corrected chi connectivity index (χ2v) is 6.69. The van der Waals surface area contributed by atoms with E-state index in [1.807, 2.05) is 0 Å². The minimum Gasteiger partial charge on any atom is -0.388 e. The summed E-state index contributed by atoms with van der Waals surface area (Å²) in [5.41, 5.74) is 0.392. The number of halogens is 2. The Labute approximate surface area is 120 Å². The summed E-state index contributed by atoms with van der Waals surface area (Å²) in [4.78, 5) is 0. The lowest BCUT2D eigenvalue weighted by Gasteiger charge is -2.36. The van der Waals surface area contributed by atoms with Crippen molar-refractivity contribution >= 4 is 0 Å². The molecule has 1 aromatic rings. The fraction of sp³-hybridized carbons (Fsp3) is 0.647. The number of aryl methyl sites for hydroxylation is 1. The molecule has 0 amide bonds. The Balaban J connectivity index is 2.37. The zero-order valence-electron chi connectivity index (χ0n) is 12.5. The molecule has 1 fully saturated rings. The van der Waals surface area contributed by atoms with E-state index in [-0.39, 0.29) is 11.0 Å². The number of hydrogen-bond acceptors (Lipinski definition) is 1. The van der Waals surface area contributed by atoms with Crippen molar-refractivity contribution in [1.82, 2.24) is 0 Å². The predicted molar refractivity (Wildman–Crippen MR) is 76.4 cm³/mol. The molecule has 1 aromatic carbocycles. The van der Waals surface area contributed by atoms with Crippen LogP contribution in [-0.4, -0.2) is 5.11 Å². The van der Waals surface area contributed by atoms with Crippen molar-refractivity contribution in [2.45, 2.75) is 59.0 Å². The Morgan fingerprint density at radius 1 is 1.15 bits per heavy atom. The molecule has 0 saturated heterocycles. The average molecular weight is 282 g/mol. The van der Waals surface area contributed by atoms with Crippen LogP contribution in [0, 0.1) is 29.9 Å². The molecule has 1 nitrogen and oxygen atoms in total. The molecule has 1 N–H and O–H groups in total. The van der Waals surface area contributed by atoms with Crippen molar-refractivity contribution in [1.29, 1.82) is 0 Å². The summed E-state index contributed by atoms with van der Waals surface area (Å²) in [6.45, 7) is 5.85. The van der Waals surface area contributed by atoms with Gasteiger partial charge in [-0.1, -0.05) is 26.7 Å². The zero-order valence-corrected chi connectivity index (χ0v) is 12.5. The van der Waals surface area contributed by atoms with Gasteiger partial charge < -0.3 is 5.11 Å². The third-order valence-electron chi connectivity index (χ3n) is 4.57. The van der Waals surface area contributed by atoms with E-state index in [0.717, 1.165) is 38.2 Å². The van der Waals surface area contributed by atoms with Gasteiger partial charge in [0.15, 0.2) is 0 Å². The number of hydrogen-bond donors (Lipinski definition) is 1. The molecule has 3 heteroatoms. The van der Waals surface area contributed by atoms with Crippen LogP contribution < -0.4 is 0 Å². The first kappa shape index (κ1) is 15.4. The van der Waals surface area contributed by atoms with Gasteiger partial charge in [0, 0.05) is 17.0 Å². The summed E-state index contributed by atoms with van der Waals surface area (Å²) < 4.78 is 27.4. The van der Waals surface area contributed by atoms with E-state index in [9.17, 15) is 13.9 Å². The van der Waals surface area contributed by atoms with Gasteiger partial charge >= 0.3 is 0 Å². The Morgan fingerprint density at radius 2 is 1.75 bits per heavy atom. The lowest BCUT2D eigenvalue weighted by Crippen LogP contribution is -2.28. The molecule has 1 aliphatic carbocycles. The van der Waals surface area contributed by atoms with Crippen molar-refractivity contribution in [3.05, 3.63) is 34.9 Å². The minimum absolute atomic E-state index is 0.251. The number of aliphatic hydroxyl groups is 1. The fourth-order valence-corrected chi connectivity index (χ4v) is 3.70. The largest absolute Gasteiger partial charge is 0.388 e. The monoisotopic (exact) mass is 282 g/mol. The van der Waals surface area contributed by atoms with Crippen LogP contribution in [0.15, 0.2) is 12.1 Å². The highest BCUT2D eigenvalue weighted by molar-refractivity contribution is 5.29. The van der Waals surface area contributed by atoms with E-state index in [1.165, 1.54) is 6.07 Å². The molecule has 0 bridgehead atoms. The average Bonchev–Trinajstić information content (AvgIpc) is 2.81. The number of benzene rings is 1. The third kappa shape index (κ3) is 2.88. The second-order valence-electron chi connectivity index (χ2n) is 6.69. The second kappa shape index (κ2) is 5.80. The molecule has 2 rings (SSSR count). The molecule has 0 spiro atoms. The maximum atomic E-state index is 14.0. The molecular weight excluding hydrogens is 258 g/mol. The van der Waals surface area contributed by atoms with Gasteiger partial charge in [-0.05, 0) is 43.7 Å². The molecule has 1 saturated carbocycles. The van der Waals surface area contributed by atoms with Crippen LogP contribution in [-0.2, 0) is 0 Å². The van der Waals surface area contributed by atoms with Crippen molar-refractivity contribution in [3.8, 4) is 0 Å². The maximum Gasteiger partial charge on any atom is 0.131 e. The summed E-state index contributed by atoms with van der Waals surface area (Å²) in [7, 11) is 0. The van der Waals surface area contributed by atoms with Gasteiger partial charge in [0.05, 0.1) is 6.10 Å². The molecule has 0 heterocycles. The van der Waals surface area contributed by atoms with Crippen molar-refractivity contribution in [3.63, 3.8) is 0 Å². The van der Waals surface area contributed by atoms with Crippen LogP contribution in [0.4, 0.5) is 8.78 Å². The van der Waals surface area contributed by atoms with Crippen molar-refractivity contribution < 1.29 is 13.9 Å². The van der Waals surface area contributed by atoms with E-state index in [2.05, 4.69) is 13.8 Å². The van der Waals surface area contributed by atoms with Gasteiger partial charge in [-0.2, -0.15) is 0 Å². The van der Waals surface area contributed by atoms with Crippen LogP contribution in [0.5, 0.6) is 0 Å². The van der Waals surface area contributed by atoms with E-state index in [1.54, 1.807) is 6.92 Å². The van der Waals surface area contributed by atoms with Gasteiger partial charge in [0.2, 0.25) is 0 Å². The predicted octanol–water partition coefficient (Wildman–Crippen LogP) is 4.91. The van der Waals surface area contributed by atoms with Gasteiger partial charge in [-0.25, -0.2) is 8.78 Å². The number of aliphatic hydroxyl groups excluding tert-OH is 1. The van der Waals surface area contributed by atoms with Crippen LogP contribution in [0.1, 0.15) is 63.2 Å². The van der Waals surface area contributed by atoms with Crippen LogP contribution in [0.2, 0.25) is 0 Å². The topological polar surface area (TPSA) is 20.2 Å². The summed E-state index contributed by atoms with van der Waals surface area (Å²) in [5.74, 6) is -0.731. The quantitative estimate of drug-likeness (QED) is 0.831. The van der Waals surface area contributed by atoms with E-state index < -0.39 is 17.7 Å². The normalized spacial score (nSPS) is 19.6. The third-order valence-corrected chi connectivity index (χ3v) is 4.57. The van der Waals surface area contributed by atoms with Crippen LogP contribution in [0.3, 0.4) is 0 Å². The van der Waals surface area contributed by atoms with Crippen LogP contribution in [0.25, 0.3) is 0 Å². The lowest BCUT2D eigenvalue weighted by molar-refractivity contribution is 0.00866. The van der Waals surface area contributed by atoms with E-state index >= 15 is 0 Å². The summed E-state index contributed by atoms with van der Waals surface area (Å²) in [6, 6.07) is 2.36. The Hall–Kier alpha value is -0.960. The highest BCUT2D eigenvalue weighted by atomic mass is 19.1. The Bertz CT molecular complexity index is 476. The molecule has 0 aromatic heterocycles. The maximum absolute atomic E-state index is 14.0. The lowest BCUT2D eigenvalue weighted by atomic mass is 9.71. The summed E-state index contributed by atoms with van der Waals surface area (Å²) >= 11 is 0. The molecule has 1 unspecified atom stereocenters. The zero-order chi connectivity index (χ0) is 14.9. The highest BCUT2D eigenvalue weighted by Crippen LogP contribution is 2.52. The SMILES string of the molecule is Cc1cc(C(O)C2(CC(C)C)CCCC2)c(F)cc1F. The standard InChI is InChI=1S/C17H24F2O/c1-11(2)10-17(6-4-5-7-17)16(20)13-8-12(3)14(18)9-15(13)19/h8-9,11,16,20H,4-7,10H2,1-3H3. The summed E-state index contributed by atoms with van der Waals surface area (Å²) in [5, 5.41) is 10.8. The molecule has 20 heavy (non-hydrogen) atoms. The van der Waals surface area contributed by atoms with Gasteiger partial charge in [-0.15, -0.1) is 0 Å². The van der Waals surface area contributed by atoms with Gasteiger partial charge in [0.1, 0.15) is 11.6 Å². The van der Waals surface area contributed by atoms with Crippen LogP contribution >= 0.6 is 0 Å². The molecule has 1 aliphatic rings.